The molecule has 8 nitrogen and oxygen atoms in total. The van der Waals surface area contributed by atoms with Crippen LogP contribution in [0.5, 0.6) is 0 Å². The molecule has 0 spiro atoms. The molecule has 0 aliphatic rings. The molecule has 0 aromatic heterocycles. The molecule has 8 heteroatoms. The van der Waals surface area contributed by atoms with Gasteiger partial charge in [-0.2, -0.15) is 0 Å². The summed E-state index contributed by atoms with van der Waals surface area (Å²) in [6.07, 6.45) is -8.65. The average molecular weight is 239 g/mol. The van der Waals surface area contributed by atoms with E-state index in [2.05, 4.69) is 0 Å². The number of carbonyl (C=O) groups is 2. The van der Waals surface area contributed by atoms with Crippen LogP contribution in [-0.2, 0) is 9.59 Å². The lowest BCUT2D eigenvalue weighted by molar-refractivity contribution is -0.597. The highest BCUT2D eigenvalue weighted by molar-refractivity contribution is 5.70. The number of aliphatic hydroxyl groups excluding tert-OH is 4. The van der Waals surface area contributed by atoms with Crippen molar-refractivity contribution >= 4 is 12.3 Å². The number of hydrogen-bond donors (Lipinski definition) is 5. The number of carboxylic acids is 1. The number of quaternary nitrogens is 1. The van der Waals surface area contributed by atoms with Crippen molar-refractivity contribution in [3.63, 3.8) is 0 Å². The van der Waals surface area contributed by atoms with Crippen LogP contribution in [0.4, 0.5) is 0 Å². The molecule has 0 fully saturated rings. The molecule has 0 aliphatic carbocycles. The zero-order chi connectivity index (χ0) is 13.3. The Morgan fingerprint density at radius 3 is 1.81 bits per heavy atom. The standard InChI is InChI=1S/C6H10O7.C2H7N/c7-1-2(8)3(9)4(10)5(11)6(12)13;1-3-2/h1-5,8-11H,(H,12,13);3H,1-2H3/t2-,3+,4-,5-;/m0./s1. The average Bonchev–Trinajstić information content (AvgIpc) is 2.25. The van der Waals surface area contributed by atoms with Crippen molar-refractivity contribution in [2.45, 2.75) is 24.4 Å². The van der Waals surface area contributed by atoms with Gasteiger partial charge in [0.1, 0.15) is 24.4 Å². The van der Waals surface area contributed by atoms with E-state index in [4.69, 9.17) is 20.4 Å². The molecule has 6 N–H and O–H groups in total. The maximum atomic E-state index is 9.95. The Balaban J connectivity index is 0. The van der Waals surface area contributed by atoms with Gasteiger partial charge in [-0.15, -0.1) is 0 Å². The van der Waals surface area contributed by atoms with Gasteiger partial charge in [0, 0.05) is 0 Å². The smallest absolute Gasteiger partial charge is 0.151 e. The lowest BCUT2D eigenvalue weighted by Gasteiger charge is -2.24. The van der Waals surface area contributed by atoms with E-state index in [1.54, 1.807) is 0 Å². The number of nitrogens with two attached hydrogens (primary N) is 1. The van der Waals surface area contributed by atoms with E-state index >= 15 is 0 Å². The van der Waals surface area contributed by atoms with Crippen LogP contribution >= 0.6 is 0 Å². The number of aldehydes is 1. The third kappa shape index (κ3) is 6.43. The summed E-state index contributed by atoms with van der Waals surface area (Å²) in [7, 11) is 4.00. The summed E-state index contributed by atoms with van der Waals surface area (Å²) in [4.78, 5) is 19.8. The number of aliphatic carboxylic acids is 1. The van der Waals surface area contributed by atoms with E-state index in [1.165, 1.54) is 0 Å². The Bertz CT molecular complexity index is 211. The first-order valence-corrected chi connectivity index (χ1v) is 4.45. The van der Waals surface area contributed by atoms with Gasteiger partial charge < -0.3 is 40.4 Å². The van der Waals surface area contributed by atoms with Crippen LogP contribution < -0.4 is 10.4 Å². The Kier molecular flexibility index (Phi) is 9.96. The number of hydrogen-bond acceptors (Lipinski definition) is 7. The minimum absolute atomic E-state index is 0.101. The Labute approximate surface area is 92.1 Å². The number of carbonyl (C=O) groups excluding carboxylic acids is 2. The second kappa shape index (κ2) is 9.19. The van der Waals surface area contributed by atoms with E-state index in [0.717, 1.165) is 0 Å². The van der Waals surface area contributed by atoms with Crippen molar-refractivity contribution in [2.75, 3.05) is 14.1 Å². The highest BCUT2D eigenvalue weighted by Crippen LogP contribution is 2.03. The number of aliphatic hydroxyl groups is 4. The van der Waals surface area contributed by atoms with Gasteiger partial charge in [-0.05, 0) is 0 Å². The van der Waals surface area contributed by atoms with Crippen LogP contribution in [0, 0.1) is 0 Å². The van der Waals surface area contributed by atoms with Crippen molar-refractivity contribution in [3.05, 3.63) is 0 Å². The molecule has 0 saturated heterocycles. The first-order valence-electron chi connectivity index (χ1n) is 4.45. The van der Waals surface area contributed by atoms with Crippen LogP contribution in [0.25, 0.3) is 0 Å². The van der Waals surface area contributed by atoms with Crippen molar-refractivity contribution in [1.82, 2.24) is 0 Å². The third-order valence-corrected chi connectivity index (χ3v) is 1.40. The Morgan fingerprint density at radius 1 is 1.19 bits per heavy atom. The molecule has 0 amide bonds. The molecule has 0 aliphatic heterocycles. The molecular weight excluding hydrogens is 222 g/mol. The van der Waals surface area contributed by atoms with Gasteiger partial charge in [-0.1, -0.05) is 0 Å². The SMILES string of the molecule is C[NH2+]C.O=C[C@H](O)[C@@H](O)[C@H](O)[C@H](O)C(=O)[O-]. The van der Waals surface area contributed by atoms with E-state index in [9.17, 15) is 14.7 Å². The Morgan fingerprint density at radius 2 is 1.56 bits per heavy atom. The normalized spacial score (nSPS) is 17.4. The lowest BCUT2D eigenvalue weighted by Crippen LogP contribution is -2.74. The van der Waals surface area contributed by atoms with Crippen molar-refractivity contribution < 1.29 is 40.4 Å². The van der Waals surface area contributed by atoms with E-state index in [0.29, 0.717) is 0 Å². The summed E-state index contributed by atoms with van der Waals surface area (Å²) in [6, 6.07) is 0. The van der Waals surface area contributed by atoms with Gasteiger partial charge >= 0.3 is 0 Å². The van der Waals surface area contributed by atoms with Gasteiger partial charge in [-0.25, -0.2) is 0 Å². The molecule has 96 valence electrons. The molecule has 0 aromatic rings. The monoisotopic (exact) mass is 239 g/mol. The predicted octanol–water partition coefficient (Wildman–Crippen LogP) is -5.81. The van der Waals surface area contributed by atoms with Crippen LogP contribution in [0.3, 0.4) is 0 Å². The minimum atomic E-state index is -2.36. The minimum Gasteiger partial charge on any atom is -0.547 e. The quantitative estimate of drug-likeness (QED) is 0.299. The maximum absolute atomic E-state index is 9.95. The van der Waals surface area contributed by atoms with Gasteiger partial charge in [0.25, 0.3) is 0 Å². The van der Waals surface area contributed by atoms with Gasteiger partial charge in [0.15, 0.2) is 6.29 Å². The van der Waals surface area contributed by atoms with Crippen LogP contribution in [0.2, 0.25) is 0 Å². The lowest BCUT2D eigenvalue weighted by atomic mass is 10.0. The first-order chi connectivity index (χ1) is 7.33. The number of carboxylic acid groups (broad SMARTS) is 1. The fourth-order valence-corrected chi connectivity index (χ4v) is 0.609. The molecule has 0 heterocycles. The highest BCUT2D eigenvalue weighted by Gasteiger charge is 2.30. The second-order valence-electron chi connectivity index (χ2n) is 2.95. The molecule has 16 heavy (non-hydrogen) atoms. The van der Waals surface area contributed by atoms with Crippen molar-refractivity contribution in [2.24, 2.45) is 0 Å². The Hall–Kier alpha value is -1.06. The summed E-state index contributed by atoms with van der Waals surface area (Å²) >= 11 is 0. The zero-order valence-electron chi connectivity index (χ0n) is 8.98. The van der Waals surface area contributed by atoms with E-state index < -0.39 is 30.4 Å². The molecule has 4 atom stereocenters. The summed E-state index contributed by atoms with van der Waals surface area (Å²) in [5.74, 6) is -2.01. The van der Waals surface area contributed by atoms with Gasteiger partial charge in [0.2, 0.25) is 0 Å². The van der Waals surface area contributed by atoms with Crippen LogP contribution in [0.15, 0.2) is 0 Å². The summed E-state index contributed by atoms with van der Waals surface area (Å²) in [5, 5.41) is 46.8. The fourth-order valence-electron chi connectivity index (χ4n) is 0.609. The van der Waals surface area contributed by atoms with Crippen molar-refractivity contribution in [3.8, 4) is 0 Å². The topological polar surface area (TPSA) is 155 Å². The summed E-state index contributed by atoms with van der Waals surface area (Å²) in [5.41, 5.74) is 0. The van der Waals surface area contributed by atoms with Crippen LogP contribution in [-0.4, -0.2) is 71.2 Å². The third-order valence-electron chi connectivity index (χ3n) is 1.40. The molecule has 0 unspecified atom stereocenters. The van der Waals surface area contributed by atoms with E-state index in [1.807, 2.05) is 19.4 Å². The summed E-state index contributed by atoms with van der Waals surface area (Å²) in [6.45, 7) is 0. The fraction of sp³-hybridized carbons (Fsp3) is 0.750. The van der Waals surface area contributed by atoms with Gasteiger partial charge in [0.05, 0.1) is 20.1 Å². The molecule has 0 saturated carbocycles. The van der Waals surface area contributed by atoms with Crippen LogP contribution in [0.1, 0.15) is 0 Å². The van der Waals surface area contributed by atoms with E-state index in [-0.39, 0.29) is 6.29 Å². The second-order valence-corrected chi connectivity index (χ2v) is 2.95. The molecule has 0 bridgehead atoms. The summed E-state index contributed by atoms with van der Waals surface area (Å²) < 4.78 is 0. The first kappa shape index (κ1) is 17.3. The zero-order valence-corrected chi connectivity index (χ0v) is 8.98. The molecule has 0 radical (unpaired) electrons. The predicted molar refractivity (Wildman–Crippen MR) is 48.9 cm³/mol. The van der Waals surface area contributed by atoms with Crippen molar-refractivity contribution in [1.29, 1.82) is 0 Å². The maximum Gasteiger partial charge on any atom is 0.151 e. The highest BCUT2D eigenvalue weighted by atomic mass is 16.4. The molecule has 0 aromatic carbocycles. The van der Waals surface area contributed by atoms with Gasteiger partial charge in [-0.3, -0.25) is 0 Å². The number of rotatable bonds is 5. The largest absolute Gasteiger partial charge is 0.547 e. The molecular formula is C8H17NO7. The molecule has 0 rings (SSSR count).